The van der Waals surface area contributed by atoms with E-state index in [1.54, 1.807) is 0 Å². The van der Waals surface area contributed by atoms with E-state index in [2.05, 4.69) is 0 Å². The summed E-state index contributed by atoms with van der Waals surface area (Å²) >= 11 is 0. The number of para-hydroxylation sites is 2. The van der Waals surface area contributed by atoms with Gasteiger partial charge in [-0.1, -0.05) is 74.5 Å². The van der Waals surface area contributed by atoms with Gasteiger partial charge in [0.05, 0.1) is 23.7 Å². The third-order valence-corrected chi connectivity index (χ3v) is 9.47. The highest BCUT2D eigenvalue weighted by atomic mass is 16.5. The molecule has 0 spiro atoms. The summed E-state index contributed by atoms with van der Waals surface area (Å²) in [5.74, 6) is -6.95. The van der Waals surface area contributed by atoms with Crippen LogP contribution in [0.15, 0.2) is 97.1 Å². The van der Waals surface area contributed by atoms with Gasteiger partial charge in [-0.25, -0.2) is 0 Å². The molecule has 0 atom stereocenters. The van der Waals surface area contributed by atoms with Crippen LogP contribution in [0, 0.1) is 37.5 Å². The van der Waals surface area contributed by atoms with E-state index in [1.807, 2.05) is 125 Å². The number of carboxylic acid groups (broad SMARTS) is 2. The number of nitrogens with zero attached hydrogens (tertiary/aromatic N) is 2. The molecule has 1 fully saturated rings. The van der Waals surface area contributed by atoms with Gasteiger partial charge < -0.3 is 29.5 Å². The van der Waals surface area contributed by atoms with Crippen molar-refractivity contribution in [3.63, 3.8) is 0 Å². The average Bonchev–Trinajstić information content (AvgIpc) is 3.10. The lowest BCUT2D eigenvalue weighted by molar-refractivity contribution is -0.187. The Morgan fingerprint density at radius 3 is 1.23 bits per heavy atom. The highest BCUT2D eigenvalue weighted by Crippen LogP contribution is 2.49. The first kappa shape index (κ1) is 37.6. The zero-order valence-electron chi connectivity index (χ0n) is 30.0. The summed E-state index contributed by atoms with van der Waals surface area (Å²) in [6, 6.07) is 29.8. The van der Waals surface area contributed by atoms with E-state index in [0.717, 1.165) is 22.3 Å². The van der Waals surface area contributed by atoms with Gasteiger partial charge in [-0.15, -0.1) is 0 Å². The Balaban J connectivity index is 1.34. The van der Waals surface area contributed by atoms with Crippen molar-refractivity contribution in [3.8, 4) is 23.0 Å². The van der Waals surface area contributed by atoms with Crippen molar-refractivity contribution >= 4 is 23.8 Å². The molecule has 0 radical (unpaired) electrons. The highest BCUT2D eigenvalue weighted by molar-refractivity contribution is 5.99. The predicted molar refractivity (Wildman–Crippen MR) is 196 cm³/mol. The van der Waals surface area contributed by atoms with E-state index in [0.29, 0.717) is 48.9 Å². The molecule has 0 bridgehead atoms. The highest BCUT2D eigenvalue weighted by Gasteiger charge is 2.64. The maximum Gasteiger partial charge on any atom is 0.308 e. The largest absolute Gasteiger partial charge is 0.481 e. The van der Waals surface area contributed by atoms with Gasteiger partial charge in [0, 0.05) is 26.2 Å². The summed E-state index contributed by atoms with van der Waals surface area (Å²) in [5, 5.41) is 20.8. The minimum atomic E-state index is -1.48. The molecule has 0 aliphatic heterocycles. The van der Waals surface area contributed by atoms with Crippen molar-refractivity contribution < 1.29 is 38.9 Å². The molecule has 0 unspecified atom stereocenters. The fourth-order valence-corrected chi connectivity index (χ4v) is 6.99. The Bertz CT molecular complexity index is 1730. The molecule has 2 amide bonds. The van der Waals surface area contributed by atoms with Gasteiger partial charge in [0.25, 0.3) is 0 Å². The SMILES string of the molecule is CCCN(Cc1ccc(Oc2ccccc2)c(C)c1)C(=O)C1C(C(=O)O)C(C(=O)N(CCC)Cc2ccc(Oc3ccccc3)c(C)c2)C1C(=O)O. The van der Waals surface area contributed by atoms with Gasteiger partial charge in [0.1, 0.15) is 23.0 Å². The lowest BCUT2D eigenvalue weighted by Crippen LogP contribution is -2.64. The fraction of sp³-hybridized carbons (Fsp3) is 0.333. The monoisotopic (exact) mass is 706 g/mol. The summed E-state index contributed by atoms with van der Waals surface area (Å²) in [6.07, 6.45) is 1.15. The lowest BCUT2D eigenvalue weighted by atomic mass is 9.55. The predicted octanol–water partition coefficient (Wildman–Crippen LogP) is 7.71. The summed E-state index contributed by atoms with van der Waals surface area (Å²) in [5.41, 5.74) is 3.26. The Kier molecular flexibility index (Phi) is 12.3. The van der Waals surface area contributed by atoms with Gasteiger partial charge in [-0.05, 0) is 85.3 Å². The van der Waals surface area contributed by atoms with E-state index in [9.17, 15) is 29.4 Å². The number of carbonyl (C=O) groups excluding carboxylic acids is 2. The number of ether oxygens (including phenoxy) is 2. The van der Waals surface area contributed by atoms with Gasteiger partial charge in [-0.2, -0.15) is 0 Å². The normalized spacial score (nSPS) is 17.8. The van der Waals surface area contributed by atoms with Crippen LogP contribution in [0.1, 0.15) is 48.9 Å². The summed E-state index contributed by atoms with van der Waals surface area (Å²) < 4.78 is 12.0. The average molecular weight is 707 g/mol. The smallest absolute Gasteiger partial charge is 0.308 e. The Morgan fingerprint density at radius 2 is 0.923 bits per heavy atom. The van der Waals surface area contributed by atoms with Crippen molar-refractivity contribution in [2.24, 2.45) is 23.7 Å². The second kappa shape index (κ2) is 17.0. The molecule has 0 aromatic heterocycles. The number of hydrogen-bond donors (Lipinski definition) is 2. The molecule has 4 aromatic carbocycles. The summed E-state index contributed by atoms with van der Waals surface area (Å²) in [4.78, 5) is 56.8. The number of aliphatic carboxylic acids is 2. The van der Waals surface area contributed by atoms with E-state index < -0.39 is 47.4 Å². The third kappa shape index (κ3) is 8.62. The molecule has 10 nitrogen and oxygen atoms in total. The van der Waals surface area contributed by atoms with Crippen LogP contribution < -0.4 is 9.47 Å². The van der Waals surface area contributed by atoms with Gasteiger partial charge in [0.2, 0.25) is 11.8 Å². The van der Waals surface area contributed by atoms with Crippen LogP contribution >= 0.6 is 0 Å². The Morgan fingerprint density at radius 1 is 0.558 bits per heavy atom. The quantitative estimate of drug-likeness (QED) is 0.121. The van der Waals surface area contributed by atoms with Crippen LogP contribution in [-0.2, 0) is 32.3 Å². The van der Waals surface area contributed by atoms with Gasteiger partial charge in [-0.3, -0.25) is 19.2 Å². The maximum atomic E-state index is 14.1. The topological polar surface area (TPSA) is 134 Å². The number of rotatable bonds is 16. The lowest BCUT2D eigenvalue weighted by Gasteiger charge is -2.48. The van der Waals surface area contributed by atoms with Crippen molar-refractivity contribution in [1.82, 2.24) is 9.80 Å². The van der Waals surface area contributed by atoms with Crippen LogP contribution in [-0.4, -0.2) is 56.9 Å². The van der Waals surface area contributed by atoms with Gasteiger partial charge >= 0.3 is 11.9 Å². The number of aryl methyl sites for hydroxylation is 2. The van der Waals surface area contributed by atoms with Crippen LogP contribution in [0.2, 0.25) is 0 Å². The third-order valence-electron chi connectivity index (χ3n) is 9.47. The van der Waals surface area contributed by atoms with E-state index in [-0.39, 0.29) is 13.1 Å². The molecule has 1 saturated carbocycles. The Labute approximate surface area is 304 Å². The number of carboxylic acids is 2. The number of hydrogen-bond acceptors (Lipinski definition) is 6. The number of carbonyl (C=O) groups is 4. The van der Waals surface area contributed by atoms with Crippen molar-refractivity contribution in [2.75, 3.05) is 13.1 Å². The first-order chi connectivity index (χ1) is 25.0. The zero-order valence-corrected chi connectivity index (χ0v) is 30.0. The van der Waals surface area contributed by atoms with Gasteiger partial charge in [0.15, 0.2) is 0 Å². The molecule has 1 aliphatic rings. The number of amides is 2. The van der Waals surface area contributed by atoms with E-state index >= 15 is 0 Å². The van der Waals surface area contributed by atoms with E-state index in [4.69, 9.17) is 9.47 Å². The minimum Gasteiger partial charge on any atom is -0.481 e. The van der Waals surface area contributed by atoms with Crippen molar-refractivity contribution in [1.29, 1.82) is 0 Å². The summed E-state index contributed by atoms with van der Waals surface area (Å²) in [7, 11) is 0. The van der Waals surface area contributed by atoms with Crippen LogP contribution in [0.25, 0.3) is 0 Å². The van der Waals surface area contributed by atoms with Crippen LogP contribution in [0.4, 0.5) is 0 Å². The maximum absolute atomic E-state index is 14.1. The number of benzene rings is 4. The molecular formula is C42H46N2O8. The minimum absolute atomic E-state index is 0.151. The van der Waals surface area contributed by atoms with Crippen LogP contribution in [0.3, 0.4) is 0 Å². The first-order valence-electron chi connectivity index (χ1n) is 17.7. The first-order valence-corrected chi connectivity index (χ1v) is 17.7. The summed E-state index contributed by atoms with van der Waals surface area (Å²) in [6.45, 7) is 8.46. The molecule has 10 heteroatoms. The molecule has 5 rings (SSSR count). The molecule has 2 N–H and O–H groups in total. The second-order valence-electron chi connectivity index (χ2n) is 13.3. The molecule has 272 valence electrons. The molecule has 0 heterocycles. The molecule has 1 aliphatic carbocycles. The molecule has 52 heavy (non-hydrogen) atoms. The van der Waals surface area contributed by atoms with Crippen molar-refractivity contribution in [2.45, 2.75) is 53.6 Å². The second-order valence-corrected chi connectivity index (χ2v) is 13.3. The van der Waals surface area contributed by atoms with Crippen LogP contribution in [0.5, 0.6) is 23.0 Å². The fourth-order valence-electron chi connectivity index (χ4n) is 6.99. The standard InChI is InChI=1S/C42H46N2O8/c1-5-21-43(25-29-17-19-33(27(3)23-29)51-31-13-9-7-10-14-31)39(45)35-37(41(47)48)36(38(35)42(49)50)40(46)44(22-6-2)26-30-18-20-34(28(4)24-30)52-32-15-11-8-12-16-32/h7-20,23-24,35-38H,5-6,21-22,25-26H2,1-4H3,(H,47,48)(H,49,50). The molecule has 0 saturated heterocycles. The molecule has 4 aromatic rings. The zero-order chi connectivity index (χ0) is 37.4. The van der Waals surface area contributed by atoms with E-state index in [1.165, 1.54) is 9.80 Å². The van der Waals surface area contributed by atoms with Crippen molar-refractivity contribution in [3.05, 3.63) is 119 Å². The molecular weight excluding hydrogens is 660 g/mol. The Hall–Kier alpha value is -5.64.